The Morgan fingerprint density at radius 3 is 2.12 bits per heavy atom. The summed E-state index contributed by atoms with van der Waals surface area (Å²) in [5.41, 5.74) is 6.60. The van der Waals surface area contributed by atoms with Crippen molar-refractivity contribution >= 4 is 23.4 Å². The van der Waals surface area contributed by atoms with Gasteiger partial charge in [-0.05, 0) is 58.0 Å². The highest BCUT2D eigenvalue weighted by Gasteiger charge is 2.21. The summed E-state index contributed by atoms with van der Waals surface area (Å²) in [6.45, 7) is 7.91. The predicted molar refractivity (Wildman–Crippen MR) is 126 cm³/mol. The van der Waals surface area contributed by atoms with Crippen LogP contribution in [0.3, 0.4) is 0 Å². The van der Waals surface area contributed by atoms with Crippen molar-refractivity contribution in [2.45, 2.75) is 38.6 Å². The van der Waals surface area contributed by atoms with Gasteiger partial charge in [-0.1, -0.05) is 52.4 Å². The van der Waals surface area contributed by atoms with E-state index < -0.39 is 0 Å². The SMILES string of the molecule is Cc1ccc(NC(=O)c2nnn(-c3ccc(C)cc3)c2CSc2nc(C)cc(C)n2)cc1. The van der Waals surface area contributed by atoms with Gasteiger partial charge in [0.25, 0.3) is 5.91 Å². The smallest absolute Gasteiger partial charge is 0.278 e. The average Bonchev–Trinajstić information content (AvgIpc) is 3.18. The lowest BCUT2D eigenvalue weighted by Crippen LogP contribution is -2.15. The third-order valence-electron chi connectivity index (χ3n) is 4.87. The summed E-state index contributed by atoms with van der Waals surface area (Å²) in [5, 5.41) is 12.1. The molecule has 0 aliphatic rings. The van der Waals surface area contributed by atoms with Crippen LogP contribution < -0.4 is 5.32 Å². The number of anilines is 1. The normalized spacial score (nSPS) is 10.9. The van der Waals surface area contributed by atoms with E-state index in [9.17, 15) is 4.79 Å². The molecule has 32 heavy (non-hydrogen) atoms. The minimum absolute atomic E-state index is 0.281. The summed E-state index contributed by atoms with van der Waals surface area (Å²) in [7, 11) is 0. The zero-order valence-corrected chi connectivity index (χ0v) is 19.3. The van der Waals surface area contributed by atoms with Crippen LogP contribution in [-0.2, 0) is 5.75 Å². The van der Waals surface area contributed by atoms with Crippen molar-refractivity contribution in [1.29, 1.82) is 0 Å². The first-order valence-corrected chi connectivity index (χ1v) is 11.2. The Bertz CT molecular complexity index is 1230. The van der Waals surface area contributed by atoms with Crippen molar-refractivity contribution < 1.29 is 4.79 Å². The summed E-state index contributed by atoms with van der Waals surface area (Å²) >= 11 is 1.46. The molecule has 0 spiro atoms. The fourth-order valence-corrected chi connectivity index (χ4v) is 4.16. The molecule has 0 unspecified atom stereocenters. The van der Waals surface area contributed by atoms with Crippen LogP contribution in [0.2, 0.25) is 0 Å². The second kappa shape index (κ2) is 9.32. The van der Waals surface area contributed by atoms with Gasteiger partial charge in [0.1, 0.15) is 0 Å². The highest BCUT2D eigenvalue weighted by atomic mass is 32.2. The maximum atomic E-state index is 13.1. The quantitative estimate of drug-likeness (QED) is 0.338. The molecule has 4 rings (SSSR count). The minimum atomic E-state index is -0.302. The van der Waals surface area contributed by atoms with E-state index in [2.05, 4.69) is 25.6 Å². The minimum Gasteiger partial charge on any atom is -0.321 e. The number of carbonyl (C=O) groups is 1. The van der Waals surface area contributed by atoms with Gasteiger partial charge in [0.15, 0.2) is 10.9 Å². The van der Waals surface area contributed by atoms with Gasteiger partial charge in [-0.15, -0.1) is 5.10 Å². The second-order valence-corrected chi connectivity index (χ2v) is 8.62. The van der Waals surface area contributed by atoms with Gasteiger partial charge < -0.3 is 5.32 Å². The van der Waals surface area contributed by atoms with Crippen LogP contribution in [0.4, 0.5) is 5.69 Å². The predicted octanol–water partition coefficient (Wildman–Crippen LogP) is 4.84. The molecule has 2 aromatic carbocycles. The molecule has 1 N–H and O–H groups in total. The first-order chi connectivity index (χ1) is 15.4. The van der Waals surface area contributed by atoms with Gasteiger partial charge in [0.05, 0.1) is 11.4 Å². The topological polar surface area (TPSA) is 85.6 Å². The van der Waals surface area contributed by atoms with E-state index >= 15 is 0 Å². The van der Waals surface area contributed by atoms with Gasteiger partial charge in [-0.2, -0.15) is 0 Å². The molecule has 7 nitrogen and oxygen atoms in total. The average molecular weight is 445 g/mol. The van der Waals surface area contributed by atoms with Crippen LogP contribution in [0.1, 0.15) is 38.7 Å². The molecule has 0 fully saturated rings. The summed E-state index contributed by atoms with van der Waals surface area (Å²) in [5.74, 6) is 0.143. The van der Waals surface area contributed by atoms with Crippen LogP contribution in [0, 0.1) is 27.7 Å². The number of thioether (sulfide) groups is 1. The van der Waals surface area contributed by atoms with Crippen molar-refractivity contribution in [1.82, 2.24) is 25.0 Å². The van der Waals surface area contributed by atoms with E-state index in [4.69, 9.17) is 0 Å². The fraction of sp³-hybridized carbons (Fsp3) is 0.208. The zero-order valence-electron chi connectivity index (χ0n) is 18.5. The van der Waals surface area contributed by atoms with E-state index in [1.807, 2.05) is 82.3 Å². The maximum absolute atomic E-state index is 13.1. The summed E-state index contributed by atoms with van der Waals surface area (Å²) in [6, 6.07) is 17.5. The molecule has 0 atom stereocenters. The van der Waals surface area contributed by atoms with E-state index in [0.717, 1.165) is 28.2 Å². The fourth-order valence-electron chi connectivity index (χ4n) is 3.22. The standard InChI is InChI=1S/C24H24N6OS/c1-15-5-9-19(10-6-15)27-23(31)22-21(14-32-24-25-17(3)13-18(4)26-24)30(29-28-22)20-11-7-16(2)8-12-20/h5-13H,14H2,1-4H3,(H,27,31). The van der Waals surface area contributed by atoms with Gasteiger partial charge in [-0.3, -0.25) is 4.79 Å². The monoisotopic (exact) mass is 444 g/mol. The largest absolute Gasteiger partial charge is 0.321 e. The van der Waals surface area contributed by atoms with E-state index in [-0.39, 0.29) is 11.6 Å². The lowest BCUT2D eigenvalue weighted by atomic mass is 10.2. The molecule has 2 heterocycles. The third kappa shape index (κ3) is 5.03. The van der Waals surface area contributed by atoms with E-state index in [1.165, 1.54) is 11.8 Å². The Hall–Kier alpha value is -3.52. The zero-order chi connectivity index (χ0) is 22.7. The van der Waals surface area contributed by atoms with Gasteiger partial charge in [0.2, 0.25) is 0 Å². The van der Waals surface area contributed by atoms with Crippen LogP contribution in [-0.4, -0.2) is 30.9 Å². The Balaban J connectivity index is 1.66. The van der Waals surface area contributed by atoms with Crippen molar-refractivity contribution in [3.05, 3.63) is 88.5 Å². The van der Waals surface area contributed by atoms with Crippen LogP contribution in [0.15, 0.2) is 59.8 Å². The summed E-state index contributed by atoms with van der Waals surface area (Å²) in [6.07, 6.45) is 0. The lowest BCUT2D eigenvalue weighted by Gasteiger charge is -2.09. The first kappa shape index (κ1) is 21.7. The molecule has 4 aromatic rings. The lowest BCUT2D eigenvalue weighted by molar-refractivity contribution is 0.102. The Kier molecular flexibility index (Phi) is 6.32. The maximum Gasteiger partial charge on any atom is 0.278 e. The number of benzene rings is 2. The molecule has 0 bridgehead atoms. The number of amides is 1. The molecule has 0 radical (unpaired) electrons. The number of hydrogen-bond donors (Lipinski definition) is 1. The van der Waals surface area contributed by atoms with Crippen molar-refractivity contribution in [2.75, 3.05) is 5.32 Å². The highest BCUT2D eigenvalue weighted by molar-refractivity contribution is 7.98. The highest BCUT2D eigenvalue weighted by Crippen LogP contribution is 2.24. The van der Waals surface area contributed by atoms with Crippen LogP contribution >= 0.6 is 11.8 Å². The number of nitrogens with one attached hydrogen (secondary N) is 1. The number of aromatic nitrogens is 5. The molecule has 0 aliphatic heterocycles. The third-order valence-corrected chi connectivity index (χ3v) is 5.72. The Morgan fingerprint density at radius 1 is 0.906 bits per heavy atom. The second-order valence-electron chi connectivity index (χ2n) is 7.67. The molecular weight excluding hydrogens is 420 g/mol. The van der Waals surface area contributed by atoms with Gasteiger partial charge in [0, 0.05) is 22.8 Å². The molecule has 2 aromatic heterocycles. The molecule has 0 aliphatic carbocycles. The first-order valence-electron chi connectivity index (χ1n) is 10.2. The van der Waals surface area contributed by atoms with Crippen molar-refractivity contribution in [3.63, 3.8) is 0 Å². The van der Waals surface area contributed by atoms with E-state index in [0.29, 0.717) is 22.3 Å². The number of carbonyl (C=O) groups excluding carboxylic acids is 1. The Labute approximate surface area is 191 Å². The van der Waals surface area contributed by atoms with Crippen LogP contribution in [0.25, 0.3) is 5.69 Å². The molecule has 0 saturated heterocycles. The molecule has 162 valence electrons. The van der Waals surface area contributed by atoms with Gasteiger partial charge >= 0.3 is 0 Å². The van der Waals surface area contributed by atoms with Crippen molar-refractivity contribution in [3.8, 4) is 5.69 Å². The number of rotatable bonds is 6. The van der Waals surface area contributed by atoms with Gasteiger partial charge in [-0.25, -0.2) is 14.6 Å². The summed E-state index contributed by atoms with van der Waals surface area (Å²) in [4.78, 5) is 22.1. The molecular formula is C24H24N6OS. The molecule has 0 saturated carbocycles. The Morgan fingerprint density at radius 2 is 1.50 bits per heavy atom. The molecule has 1 amide bonds. The number of aryl methyl sites for hydroxylation is 4. The van der Waals surface area contributed by atoms with Crippen molar-refractivity contribution in [2.24, 2.45) is 0 Å². The molecule has 8 heteroatoms. The number of hydrogen-bond acceptors (Lipinski definition) is 6. The number of nitrogens with zero attached hydrogens (tertiary/aromatic N) is 5. The van der Waals surface area contributed by atoms with Crippen LogP contribution in [0.5, 0.6) is 0 Å². The summed E-state index contributed by atoms with van der Waals surface area (Å²) < 4.78 is 1.71. The van der Waals surface area contributed by atoms with E-state index in [1.54, 1.807) is 4.68 Å².